The molecule has 0 aromatic heterocycles. The van der Waals surface area contributed by atoms with Crippen LogP contribution in [-0.4, -0.2) is 19.1 Å². The van der Waals surface area contributed by atoms with Crippen molar-refractivity contribution in [1.29, 1.82) is 0 Å². The lowest BCUT2D eigenvalue weighted by atomic mass is 10.6. The lowest BCUT2D eigenvalue weighted by Gasteiger charge is -1.91. The summed E-state index contributed by atoms with van der Waals surface area (Å²) in [5, 5.41) is 2.28. The van der Waals surface area contributed by atoms with E-state index in [-0.39, 0.29) is 12.5 Å². The second-order valence-corrected chi connectivity index (χ2v) is 1.17. The van der Waals surface area contributed by atoms with Crippen LogP contribution in [0.25, 0.3) is 0 Å². The smallest absolute Gasteiger partial charge is 0.216 e. The van der Waals surface area contributed by atoms with Gasteiger partial charge in [0.25, 0.3) is 0 Å². The van der Waals surface area contributed by atoms with E-state index in [9.17, 15) is 9.18 Å². The lowest BCUT2D eigenvalue weighted by Crippen LogP contribution is -2.21. The Morgan fingerprint density at radius 3 is 2.57 bits per heavy atom. The largest absolute Gasteiger partial charge is 0.354 e. The van der Waals surface area contributed by atoms with Gasteiger partial charge in [-0.05, 0) is 0 Å². The van der Waals surface area contributed by atoms with Gasteiger partial charge in [0.05, 0.1) is 0 Å². The van der Waals surface area contributed by atoms with E-state index >= 15 is 0 Å². The van der Waals surface area contributed by atoms with Crippen LogP contribution >= 0.6 is 0 Å². The third-order valence-electron chi connectivity index (χ3n) is 0.468. The highest BCUT2D eigenvalue weighted by Crippen LogP contribution is 1.62. The minimum absolute atomic E-state index is 0.134. The first-order chi connectivity index (χ1) is 3.27. The van der Waals surface area contributed by atoms with Gasteiger partial charge in [0, 0.05) is 13.5 Å². The molecule has 0 radical (unpaired) electrons. The number of rotatable bonds is 2. The summed E-state index contributed by atoms with van der Waals surface area (Å²) < 4.78 is 11.1. The van der Waals surface area contributed by atoms with Gasteiger partial charge in [-0.25, -0.2) is 4.39 Å². The summed E-state index contributed by atoms with van der Waals surface area (Å²) >= 11 is 0. The molecule has 1 N–H and O–H groups in total. The van der Waals surface area contributed by atoms with Crippen molar-refractivity contribution in [3.8, 4) is 0 Å². The highest BCUT2D eigenvalue weighted by atomic mass is 19.1. The fourth-order valence-corrected chi connectivity index (χ4v) is 0.223. The lowest BCUT2D eigenvalue weighted by molar-refractivity contribution is -0.119. The van der Waals surface area contributed by atoms with Crippen molar-refractivity contribution in [1.82, 2.24) is 5.32 Å². The molecule has 0 bridgehead atoms. The van der Waals surface area contributed by atoms with E-state index in [4.69, 9.17) is 0 Å². The zero-order valence-electron chi connectivity index (χ0n) is 4.20. The molecule has 1 amide bonds. The molecule has 42 valence electrons. The Morgan fingerprint density at radius 1 is 1.86 bits per heavy atom. The number of nitrogens with one attached hydrogen (secondary N) is 1. The molecule has 2 nitrogen and oxygen atoms in total. The Morgan fingerprint density at radius 2 is 2.43 bits per heavy atom. The zero-order chi connectivity index (χ0) is 5.70. The molecule has 0 aliphatic rings. The van der Waals surface area contributed by atoms with Gasteiger partial charge in [0.1, 0.15) is 6.67 Å². The highest BCUT2D eigenvalue weighted by molar-refractivity contribution is 5.72. The minimum Gasteiger partial charge on any atom is -0.354 e. The van der Waals surface area contributed by atoms with Crippen molar-refractivity contribution < 1.29 is 9.18 Å². The van der Waals surface area contributed by atoms with Crippen molar-refractivity contribution in [2.24, 2.45) is 0 Å². The molecule has 7 heavy (non-hydrogen) atoms. The summed E-state index contributed by atoms with van der Waals surface area (Å²) in [6, 6.07) is 0. The summed E-state index contributed by atoms with van der Waals surface area (Å²) in [5.41, 5.74) is 0. The number of hydrogen-bond donors (Lipinski definition) is 1. The Labute approximate surface area is 41.7 Å². The summed E-state index contributed by atoms with van der Waals surface area (Å²) in [4.78, 5) is 9.92. The molecule has 0 saturated heterocycles. The molecular formula is C4H8FNO. The number of halogens is 1. The first kappa shape index (κ1) is 6.40. The topological polar surface area (TPSA) is 29.1 Å². The van der Waals surface area contributed by atoms with E-state index in [2.05, 4.69) is 5.32 Å². The van der Waals surface area contributed by atoms with E-state index in [0.29, 0.717) is 0 Å². The molecule has 0 aromatic rings. The Kier molecular flexibility index (Phi) is 3.28. The summed E-state index contributed by atoms with van der Waals surface area (Å²) in [5.74, 6) is -0.183. The third-order valence-corrected chi connectivity index (χ3v) is 0.468. The zero-order valence-corrected chi connectivity index (χ0v) is 4.20. The first-order valence-electron chi connectivity index (χ1n) is 2.07. The van der Waals surface area contributed by atoms with E-state index < -0.39 is 6.67 Å². The van der Waals surface area contributed by atoms with Crippen LogP contribution in [0.3, 0.4) is 0 Å². The maximum atomic E-state index is 11.1. The molecule has 0 atom stereocenters. The van der Waals surface area contributed by atoms with Crippen molar-refractivity contribution in [3.05, 3.63) is 0 Å². The van der Waals surface area contributed by atoms with E-state index in [1.54, 1.807) is 0 Å². The van der Waals surface area contributed by atoms with Crippen LogP contribution in [0, 0.1) is 0 Å². The van der Waals surface area contributed by atoms with Crippen LogP contribution in [0.4, 0.5) is 4.39 Å². The van der Waals surface area contributed by atoms with Gasteiger partial charge >= 0.3 is 0 Å². The number of carbonyl (C=O) groups excluding carboxylic acids is 1. The quantitative estimate of drug-likeness (QED) is 0.530. The highest BCUT2D eigenvalue weighted by Gasteiger charge is 1.84. The Bertz CT molecular complexity index is 64.7. The molecule has 3 heteroatoms. The van der Waals surface area contributed by atoms with Gasteiger partial charge in [0.2, 0.25) is 5.91 Å². The standard InChI is InChI=1S/C4H8FNO/c1-4(7)6-3-2-5/h2-3H2,1H3,(H,6,7). The number of alkyl halides is 1. The van der Waals surface area contributed by atoms with Crippen molar-refractivity contribution >= 4 is 5.91 Å². The van der Waals surface area contributed by atoms with Crippen LogP contribution in [0.2, 0.25) is 0 Å². The summed E-state index contributed by atoms with van der Waals surface area (Å²) in [6.45, 7) is 1.00. The van der Waals surface area contributed by atoms with Crippen LogP contribution in [0.15, 0.2) is 0 Å². The normalized spacial score (nSPS) is 8.29. The summed E-state index contributed by atoms with van der Waals surface area (Å²) in [6.07, 6.45) is 0. The molecule has 0 aliphatic heterocycles. The van der Waals surface area contributed by atoms with Gasteiger partial charge in [-0.1, -0.05) is 0 Å². The Hall–Kier alpha value is -0.600. The first-order valence-corrected chi connectivity index (χ1v) is 2.07. The van der Waals surface area contributed by atoms with Crippen LogP contribution in [0.1, 0.15) is 6.92 Å². The van der Waals surface area contributed by atoms with Gasteiger partial charge in [-0.2, -0.15) is 0 Å². The average molecular weight is 105 g/mol. The molecule has 0 fully saturated rings. The van der Waals surface area contributed by atoms with Crippen molar-refractivity contribution in [2.75, 3.05) is 13.2 Å². The fraction of sp³-hybridized carbons (Fsp3) is 0.750. The molecule has 0 saturated carbocycles. The average Bonchev–Trinajstić information content (AvgIpc) is 1.61. The van der Waals surface area contributed by atoms with Crippen molar-refractivity contribution in [3.63, 3.8) is 0 Å². The predicted molar refractivity (Wildman–Crippen MR) is 24.7 cm³/mol. The van der Waals surface area contributed by atoms with Crippen LogP contribution < -0.4 is 5.32 Å². The Balaban J connectivity index is 2.82. The SMILES string of the molecule is CC(=O)NCCF. The van der Waals surface area contributed by atoms with Gasteiger partial charge < -0.3 is 5.32 Å². The maximum Gasteiger partial charge on any atom is 0.216 e. The molecule has 0 aromatic carbocycles. The maximum absolute atomic E-state index is 11.1. The van der Waals surface area contributed by atoms with Gasteiger partial charge in [-0.15, -0.1) is 0 Å². The van der Waals surface area contributed by atoms with E-state index in [1.807, 2.05) is 0 Å². The second kappa shape index (κ2) is 3.59. The van der Waals surface area contributed by atoms with E-state index in [0.717, 1.165) is 0 Å². The fourth-order valence-electron chi connectivity index (χ4n) is 0.223. The molecule has 0 rings (SSSR count). The molecule has 0 spiro atoms. The third kappa shape index (κ3) is 5.40. The predicted octanol–water partition coefficient (Wildman–Crippen LogP) is 0.0920. The number of hydrogen-bond acceptors (Lipinski definition) is 1. The number of amides is 1. The number of carbonyl (C=O) groups is 1. The van der Waals surface area contributed by atoms with E-state index in [1.165, 1.54) is 6.92 Å². The monoisotopic (exact) mass is 105 g/mol. The molecule has 0 unspecified atom stereocenters. The minimum atomic E-state index is -0.487. The summed E-state index contributed by atoms with van der Waals surface area (Å²) in [7, 11) is 0. The van der Waals surface area contributed by atoms with Crippen LogP contribution in [-0.2, 0) is 4.79 Å². The molecular weight excluding hydrogens is 97.0 g/mol. The van der Waals surface area contributed by atoms with Gasteiger partial charge in [-0.3, -0.25) is 4.79 Å². The van der Waals surface area contributed by atoms with Gasteiger partial charge in [0.15, 0.2) is 0 Å². The second-order valence-electron chi connectivity index (χ2n) is 1.17. The molecule has 0 aliphatic carbocycles. The van der Waals surface area contributed by atoms with Crippen molar-refractivity contribution in [2.45, 2.75) is 6.92 Å². The van der Waals surface area contributed by atoms with Crippen LogP contribution in [0.5, 0.6) is 0 Å². The molecule has 0 heterocycles.